The van der Waals surface area contributed by atoms with Crippen molar-refractivity contribution < 1.29 is 9.59 Å². The molecule has 2 fully saturated rings. The number of nitrogens with zero attached hydrogens (tertiary/aromatic N) is 2. The highest BCUT2D eigenvalue weighted by Crippen LogP contribution is 2.31. The van der Waals surface area contributed by atoms with Crippen molar-refractivity contribution in [3.05, 3.63) is 0 Å². The van der Waals surface area contributed by atoms with Crippen molar-refractivity contribution in [1.82, 2.24) is 15.1 Å². The number of amides is 3. The smallest absolute Gasteiger partial charge is 0.317 e. The van der Waals surface area contributed by atoms with Crippen molar-refractivity contribution in [3.8, 4) is 0 Å². The lowest BCUT2D eigenvalue weighted by Crippen LogP contribution is -2.53. The van der Waals surface area contributed by atoms with Crippen LogP contribution in [-0.4, -0.2) is 54.5 Å². The molecule has 1 saturated heterocycles. The number of nitrogens with one attached hydrogen (secondary N) is 1. The van der Waals surface area contributed by atoms with Crippen LogP contribution in [0.4, 0.5) is 4.79 Å². The fourth-order valence-corrected chi connectivity index (χ4v) is 2.06. The van der Waals surface area contributed by atoms with Gasteiger partial charge in [-0.05, 0) is 19.3 Å². The Morgan fingerprint density at radius 1 is 1.12 bits per heavy atom. The highest BCUT2D eigenvalue weighted by atomic mass is 16.2. The molecular weight excluding hydrogens is 218 g/mol. The number of hydrogen-bond acceptors (Lipinski definition) is 2. The molecule has 0 aromatic heterocycles. The van der Waals surface area contributed by atoms with E-state index in [9.17, 15) is 9.59 Å². The lowest BCUT2D eigenvalue weighted by Gasteiger charge is -2.34. The van der Waals surface area contributed by atoms with Gasteiger partial charge in [-0.1, -0.05) is 6.92 Å². The summed E-state index contributed by atoms with van der Waals surface area (Å²) >= 11 is 0. The standard InChI is InChI=1S/C12H21N3O2/c1-2-5-13-12(17)15-8-6-14(7-9-15)11(16)10-3-4-10/h10H,2-9H2,1H3,(H,13,17). The molecular formula is C12H21N3O2. The third kappa shape index (κ3) is 3.11. The molecule has 5 heteroatoms. The molecule has 17 heavy (non-hydrogen) atoms. The Kier molecular flexibility index (Phi) is 3.86. The number of carbonyl (C=O) groups excluding carboxylic acids is 2. The minimum absolute atomic E-state index is 0.00497. The maximum atomic E-state index is 11.8. The van der Waals surface area contributed by atoms with E-state index in [2.05, 4.69) is 5.32 Å². The van der Waals surface area contributed by atoms with Crippen LogP contribution in [0.2, 0.25) is 0 Å². The largest absolute Gasteiger partial charge is 0.339 e. The van der Waals surface area contributed by atoms with Gasteiger partial charge in [0.25, 0.3) is 0 Å². The zero-order valence-corrected chi connectivity index (χ0v) is 10.4. The van der Waals surface area contributed by atoms with Crippen molar-refractivity contribution in [3.63, 3.8) is 0 Å². The maximum absolute atomic E-state index is 11.8. The van der Waals surface area contributed by atoms with Gasteiger partial charge in [0.1, 0.15) is 0 Å². The van der Waals surface area contributed by atoms with Crippen LogP contribution in [0.1, 0.15) is 26.2 Å². The molecule has 0 bridgehead atoms. The first-order valence-electron chi connectivity index (χ1n) is 6.54. The topological polar surface area (TPSA) is 52.7 Å². The van der Waals surface area contributed by atoms with Gasteiger partial charge in [-0.3, -0.25) is 4.79 Å². The Labute approximate surface area is 102 Å². The Morgan fingerprint density at radius 2 is 1.71 bits per heavy atom. The predicted octanol–water partition coefficient (Wildman–Crippen LogP) is 0.660. The second-order valence-corrected chi connectivity index (χ2v) is 4.82. The van der Waals surface area contributed by atoms with E-state index < -0.39 is 0 Å². The molecule has 0 atom stereocenters. The molecule has 0 aromatic carbocycles. The van der Waals surface area contributed by atoms with Crippen LogP contribution < -0.4 is 5.32 Å². The Hall–Kier alpha value is -1.26. The van der Waals surface area contributed by atoms with E-state index in [4.69, 9.17) is 0 Å². The molecule has 1 saturated carbocycles. The first kappa shape index (κ1) is 12.2. The molecule has 2 rings (SSSR count). The zero-order valence-electron chi connectivity index (χ0n) is 10.4. The zero-order chi connectivity index (χ0) is 12.3. The fraction of sp³-hybridized carbons (Fsp3) is 0.833. The molecule has 2 aliphatic rings. The minimum Gasteiger partial charge on any atom is -0.339 e. The van der Waals surface area contributed by atoms with E-state index in [1.807, 2.05) is 11.8 Å². The van der Waals surface area contributed by atoms with Crippen LogP contribution in [0.15, 0.2) is 0 Å². The van der Waals surface area contributed by atoms with Gasteiger partial charge in [-0.15, -0.1) is 0 Å². The fourth-order valence-electron chi connectivity index (χ4n) is 2.06. The summed E-state index contributed by atoms with van der Waals surface area (Å²) in [6.07, 6.45) is 3.05. The van der Waals surface area contributed by atoms with Gasteiger partial charge in [0.2, 0.25) is 5.91 Å². The quantitative estimate of drug-likeness (QED) is 0.786. The van der Waals surface area contributed by atoms with Crippen molar-refractivity contribution in [2.45, 2.75) is 26.2 Å². The summed E-state index contributed by atoms with van der Waals surface area (Å²) in [4.78, 5) is 27.2. The van der Waals surface area contributed by atoms with Crippen LogP contribution in [0, 0.1) is 5.92 Å². The number of urea groups is 1. The van der Waals surface area contributed by atoms with E-state index in [1.54, 1.807) is 4.90 Å². The highest BCUT2D eigenvalue weighted by Gasteiger charge is 2.35. The van der Waals surface area contributed by atoms with Gasteiger partial charge in [-0.25, -0.2) is 4.79 Å². The maximum Gasteiger partial charge on any atom is 0.317 e. The minimum atomic E-state index is 0.00497. The molecule has 1 aliphatic carbocycles. The highest BCUT2D eigenvalue weighted by molar-refractivity contribution is 5.81. The lowest BCUT2D eigenvalue weighted by molar-refractivity contribution is -0.133. The average Bonchev–Trinajstić information content (AvgIpc) is 3.19. The molecule has 0 spiro atoms. The normalized spacial score (nSPS) is 20.3. The summed E-state index contributed by atoms with van der Waals surface area (Å²) in [5, 5.41) is 2.86. The van der Waals surface area contributed by atoms with Crippen LogP contribution in [0.25, 0.3) is 0 Å². The van der Waals surface area contributed by atoms with E-state index in [0.29, 0.717) is 32.1 Å². The number of piperazine rings is 1. The molecule has 0 radical (unpaired) electrons. The summed E-state index contributed by atoms with van der Waals surface area (Å²) in [5.74, 6) is 0.578. The van der Waals surface area contributed by atoms with Crippen LogP contribution in [0.3, 0.4) is 0 Å². The Morgan fingerprint density at radius 3 is 2.24 bits per heavy atom. The second-order valence-electron chi connectivity index (χ2n) is 4.82. The van der Waals surface area contributed by atoms with Gasteiger partial charge in [-0.2, -0.15) is 0 Å². The van der Waals surface area contributed by atoms with Gasteiger partial charge in [0.15, 0.2) is 0 Å². The van der Waals surface area contributed by atoms with Gasteiger partial charge >= 0.3 is 6.03 Å². The SMILES string of the molecule is CCCNC(=O)N1CCN(C(=O)C2CC2)CC1. The van der Waals surface area contributed by atoms with E-state index in [0.717, 1.165) is 25.8 Å². The molecule has 96 valence electrons. The monoisotopic (exact) mass is 239 g/mol. The first-order valence-corrected chi connectivity index (χ1v) is 6.54. The van der Waals surface area contributed by atoms with Crippen molar-refractivity contribution >= 4 is 11.9 Å². The predicted molar refractivity (Wildman–Crippen MR) is 64.6 cm³/mol. The number of rotatable bonds is 3. The van der Waals surface area contributed by atoms with E-state index >= 15 is 0 Å². The van der Waals surface area contributed by atoms with E-state index in [-0.39, 0.29) is 11.9 Å². The molecule has 0 aromatic rings. The van der Waals surface area contributed by atoms with Crippen molar-refractivity contribution in [1.29, 1.82) is 0 Å². The Bertz CT molecular complexity index is 294. The third-order valence-corrected chi connectivity index (χ3v) is 3.33. The molecule has 0 unspecified atom stereocenters. The molecule has 1 N–H and O–H groups in total. The average molecular weight is 239 g/mol. The number of hydrogen-bond donors (Lipinski definition) is 1. The van der Waals surface area contributed by atoms with Crippen molar-refractivity contribution in [2.75, 3.05) is 32.7 Å². The lowest BCUT2D eigenvalue weighted by atomic mass is 10.2. The van der Waals surface area contributed by atoms with E-state index in [1.165, 1.54) is 0 Å². The van der Waals surface area contributed by atoms with Crippen LogP contribution in [0.5, 0.6) is 0 Å². The third-order valence-electron chi connectivity index (χ3n) is 3.33. The summed E-state index contributed by atoms with van der Waals surface area (Å²) in [6, 6.07) is 0.00497. The summed E-state index contributed by atoms with van der Waals surface area (Å²) in [6.45, 7) is 5.46. The van der Waals surface area contributed by atoms with Gasteiger partial charge in [0.05, 0.1) is 0 Å². The summed E-state index contributed by atoms with van der Waals surface area (Å²) in [7, 11) is 0. The van der Waals surface area contributed by atoms with Gasteiger partial charge in [0, 0.05) is 38.6 Å². The second kappa shape index (κ2) is 5.38. The molecule has 5 nitrogen and oxygen atoms in total. The summed E-state index contributed by atoms with van der Waals surface area (Å²) < 4.78 is 0. The molecule has 1 heterocycles. The first-order chi connectivity index (χ1) is 8.22. The Balaban J connectivity index is 1.73. The van der Waals surface area contributed by atoms with Crippen LogP contribution >= 0.6 is 0 Å². The van der Waals surface area contributed by atoms with Crippen molar-refractivity contribution in [2.24, 2.45) is 5.92 Å². The molecule has 1 aliphatic heterocycles. The molecule has 3 amide bonds. The van der Waals surface area contributed by atoms with Gasteiger partial charge < -0.3 is 15.1 Å². The van der Waals surface area contributed by atoms with Crippen LogP contribution in [-0.2, 0) is 4.79 Å². The summed E-state index contributed by atoms with van der Waals surface area (Å²) in [5.41, 5.74) is 0. The number of carbonyl (C=O) groups is 2.